The molecular weight excluding hydrogens is 433 g/mol. The Labute approximate surface area is 187 Å². The van der Waals surface area contributed by atoms with Gasteiger partial charge in [0.05, 0.1) is 10.9 Å². The topological polar surface area (TPSA) is 68.9 Å². The maximum absolute atomic E-state index is 13.9. The molecule has 6 nitrogen and oxygen atoms in total. The highest BCUT2D eigenvalue weighted by atomic mass is 19.4. The van der Waals surface area contributed by atoms with E-state index in [1.165, 1.54) is 11.7 Å². The van der Waals surface area contributed by atoms with Crippen LogP contribution in [0, 0.1) is 0 Å². The summed E-state index contributed by atoms with van der Waals surface area (Å²) < 4.78 is 43.9. The summed E-state index contributed by atoms with van der Waals surface area (Å²) in [4.78, 5) is 25.5. The highest BCUT2D eigenvalue weighted by molar-refractivity contribution is 5.96. The molecule has 2 heterocycles. The Bertz CT molecular complexity index is 1390. The van der Waals surface area contributed by atoms with Crippen molar-refractivity contribution in [3.05, 3.63) is 82.1 Å². The van der Waals surface area contributed by atoms with Gasteiger partial charge in [-0.25, -0.2) is 0 Å². The smallest absolute Gasteiger partial charge is 0.325 e. The molecule has 4 aromatic rings. The maximum atomic E-state index is 13.9. The van der Waals surface area contributed by atoms with E-state index in [1.54, 1.807) is 48.5 Å². The summed E-state index contributed by atoms with van der Waals surface area (Å²) in [6.07, 6.45) is -3.99. The van der Waals surface area contributed by atoms with E-state index in [4.69, 9.17) is 0 Å². The van der Waals surface area contributed by atoms with Crippen LogP contribution < -0.4 is 10.9 Å². The van der Waals surface area contributed by atoms with E-state index in [-0.39, 0.29) is 16.7 Å². The lowest BCUT2D eigenvalue weighted by molar-refractivity contribution is -0.136. The molecule has 4 rings (SSSR count). The van der Waals surface area contributed by atoms with E-state index in [2.05, 4.69) is 10.4 Å². The number of amides is 1. The molecule has 0 aliphatic heterocycles. The number of anilines is 1. The first kappa shape index (κ1) is 22.3. The van der Waals surface area contributed by atoms with Crippen LogP contribution >= 0.6 is 0 Å². The van der Waals surface area contributed by atoms with Crippen LogP contribution in [0.4, 0.5) is 18.9 Å². The van der Waals surface area contributed by atoms with Crippen LogP contribution in [0.3, 0.4) is 0 Å². The van der Waals surface area contributed by atoms with Crippen molar-refractivity contribution in [3.8, 4) is 11.3 Å². The normalized spacial score (nSPS) is 11.7. The van der Waals surface area contributed by atoms with Gasteiger partial charge >= 0.3 is 6.18 Å². The van der Waals surface area contributed by atoms with E-state index < -0.39 is 29.8 Å². The molecule has 0 aliphatic carbocycles. The third-order valence-corrected chi connectivity index (χ3v) is 5.35. The molecule has 170 valence electrons. The van der Waals surface area contributed by atoms with E-state index in [0.29, 0.717) is 17.3 Å². The van der Waals surface area contributed by atoms with Gasteiger partial charge in [-0.2, -0.15) is 18.3 Å². The molecule has 2 aromatic heterocycles. The van der Waals surface area contributed by atoms with Crippen molar-refractivity contribution in [2.75, 3.05) is 5.32 Å². The second kappa shape index (κ2) is 8.57. The first-order chi connectivity index (χ1) is 15.7. The summed E-state index contributed by atoms with van der Waals surface area (Å²) >= 11 is 0. The molecule has 1 N–H and O–H groups in total. The number of aromatic nitrogens is 3. The van der Waals surface area contributed by atoms with Gasteiger partial charge in [-0.05, 0) is 24.1 Å². The fourth-order valence-electron chi connectivity index (χ4n) is 3.84. The number of nitrogens with one attached hydrogen (secondary N) is 1. The van der Waals surface area contributed by atoms with Gasteiger partial charge < -0.3 is 5.32 Å². The van der Waals surface area contributed by atoms with E-state index in [0.717, 1.165) is 16.6 Å². The summed E-state index contributed by atoms with van der Waals surface area (Å²) in [7, 11) is 1.45. The third kappa shape index (κ3) is 4.39. The molecule has 0 fully saturated rings. The molecule has 9 heteroatoms. The third-order valence-electron chi connectivity index (χ3n) is 5.35. The monoisotopic (exact) mass is 454 g/mol. The minimum Gasteiger partial charge on any atom is -0.325 e. The SMILES string of the molecule is CCc1cccc(NC(=O)Cn2c(=O)cc(C(F)(F)F)c3c(-c4ccccc4)nn(C)c32)c1. The number of hydrogen-bond acceptors (Lipinski definition) is 3. The molecule has 2 aromatic carbocycles. The van der Waals surface area contributed by atoms with Crippen LogP contribution in [0.15, 0.2) is 65.5 Å². The molecule has 0 bridgehead atoms. The molecule has 33 heavy (non-hydrogen) atoms. The Morgan fingerprint density at radius 3 is 2.45 bits per heavy atom. The Hall–Kier alpha value is -3.88. The van der Waals surface area contributed by atoms with Crippen LogP contribution in [0.1, 0.15) is 18.1 Å². The molecule has 0 spiro atoms. The number of hydrogen-bond donors (Lipinski definition) is 1. The number of carbonyl (C=O) groups is 1. The van der Waals surface area contributed by atoms with Gasteiger partial charge in [-0.3, -0.25) is 18.8 Å². The van der Waals surface area contributed by atoms with Crippen molar-refractivity contribution in [2.45, 2.75) is 26.1 Å². The number of fused-ring (bicyclic) bond motifs is 1. The largest absolute Gasteiger partial charge is 0.417 e. The van der Waals surface area contributed by atoms with Crippen LogP contribution in [0.5, 0.6) is 0 Å². The molecule has 0 unspecified atom stereocenters. The number of carbonyl (C=O) groups excluding carboxylic acids is 1. The van der Waals surface area contributed by atoms with Crippen molar-refractivity contribution in [1.29, 1.82) is 0 Å². The lowest BCUT2D eigenvalue weighted by atomic mass is 10.0. The number of alkyl halides is 3. The zero-order valence-corrected chi connectivity index (χ0v) is 18.0. The van der Waals surface area contributed by atoms with Crippen molar-refractivity contribution >= 4 is 22.6 Å². The van der Waals surface area contributed by atoms with Gasteiger partial charge in [0, 0.05) is 24.4 Å². The van der Waals surface area contributed by atoms with Crippen LogP contribution in [0.25, 0.3) is 22.3 Å². The Balaban J connectivity index is 1.84. The van der Waals surface area contributed by atoms with Gasteiger partial charge in [0.25, 0.3) is 5.56 Å². The molecule has 0 aliphatic rings. The fourth-order valence-corrected chi connectivity index (χ4v) is 3.84. The lowest BCUT2D eigenvalue weighted by Gasteiger charge is -2.14. The van der Waals surface area contributed by atoms with Crippen LogP contribution in [0.2, 0.25) is 0 Å². The van der Waals surface area contributed by atoms with Gasteiger partial charge in [0.2, 0.25) is 5.91 Å². The van der Waals surface area contributed by atoms with Crippen molar-refractivity contribution in [3.63, 3.8) is 0 Å². The highest BCUT2D eigenvalue weighted by Gasteiger charge is 2.37. The summed E-state index contributed by atoms with van der Waals surface area (Å²) in [6, 6.07) is 16.2. The summed E-state index contributed by atoms with van der Waals surface area (Å²) in [5, 5.41) is 6.76. The molecule has 0 saturated carbocycles. The van der Waals surface area contributed by atoms with Crippen molar-refractivity contribution in [1.82, 2.24) is 14.3 Å². The molecule has 0 saturated heterocycles. The van der Waals surface area contributed by atoms with Crippen LogP contribution in [-0.4, -0.2) is 20.3 Å². The zero-order valence-electron chi connectivity index (χ0n) is 18.0. The van der Waals surface area contributed by atoms with E-state index in [9.17, 15) is 22.8 Å². The minimum absolute atomic E-state index is 0.0777. The van der Waals surface area contributed by atoms with Gasteiger partial charge in [-0.15, -0.1) is 0 Å². The standard InChI is InChI=1S/C24H21F3N4O2/c1-3-15-8-7-11-17(12-15)28-19(32)14-31-20(33)13-18(24(25,26)27)21-22(29-30(2)23(21)31)16-9-5-4-6-10-16/h4-13H,3,14H2,1-2H3,(H,28,32). The lowest BCUT2D eigenvalue weighted by Crippen LogP contribution is -2.30. The number of rotatable bonds is 5. The number of benzene rings is 2. The van der Waals surface area contributed by atoms with Crippen LogP contribution in [-0.2, 0) is 31.0 Å². The second-order valence-corrected chi connectivity index (χ2v) is 7.62. The Morgan fingerprint density at radius 1 is 1.06 bits per heavy atom. The predicted octanol–water partition coefficient (Wildman–Crippen LogP) is 4.62. The van der Waals surface area contributed by atoms with Gasteiger partial charge in [0.15, 0.2) is 0 Å². The summed E-state index contributed by atoms with van der Waals surface area (Å²) in [6.45, 7) is 1.52. The second-order valence-electron chi connectivity index (χ2n) is 7.62. The molecule has 0 radical (unpaired) electrons. The quantitative estimate of drug-likeness (QED) is 0.478. The highest BCUT2D eigenvalue weighted by Crippen LogP contribution is 2.38. The molecule has 1 amide bonds. The van der Waals surface area contributed by atoms with Gasteiger partial charge in [0.1, 0.15) is 17.9 Å². The average Bonchev–Trinajstić information content (AvgIpc) is 3.12. The molecular formula is C24H21F3N4O2. The first-order valence-corrected chi connectivity index (χ1v) is 10.3. The number of halogens is 3. The maximum Gasteiger partial charge on any atom is 0.417 e. The van der Waals surface area contributed by atoms with E-state index in [1.807, 2.05) is 13.0 Å². The average molecular weight is 454 g/mol. The predicted molar refractivity (Wildman–Crippen MR) is 120 cm³/mol. The van der Waals surface area contributed by atoms with Crippen molar-refractivity contribution in [2.24, 2.45) is 7.05 Å². The summed E-state index contributed by atoms with van der Waals surface area (Å²) in [5.41, 5.74) is 0.0270. The van der Waals surface area contributed by atoms with E-state index >= 15 is 0 Å². The molecule has 0 atom stereocenters. The number of pyridine rings is 1. The Morgan fingerprint density at radius 2 is 1.79 bits per heavy atom. The fraction of sp³-hybridized carbons (Fsp3) is 0.208. The zero-order chi connectivity index (χ0) is 23.8. The summed E-state index contributed by atoms with van der Waals surface area (Å²) in [5.74, 6) is -0.533. The number of aryl methyl sites for hydroxylation is 2. The van der Waals surface area contributed by atoms with Crippen molar-refractivity contribution < 1.29 is 18.0 Å². The Kier molecular flexibility index (Phi) is 5.80. The minimum atomic E-state index is -4.77. The number of nitrogens with zero attached hydrogens (tertiary/aromatic N) is 3. The first-order valence-electron chi connectivity index (χ1n) is 10.3. The van der Waals surface area contributed by atoms with Gasteiger partial charge in [-0.1, -0.05) is 49.4 Å².